The van der Waals surface area contributed by atoms with Crippen LogP contribution < -0.4 is 23.7 Å². The summed E-state index contributed by atoms with van der Waals surface area (Å²) in [6.07, 6.45) is 1.27. The number of rotatable bonds is 11. The van der Waals surface area contributed by atoms with E-state index in [-0.39, 0.29) is 11.3 Å². The summed E-state index contributed by atoms with van der Waals surface area (Å²) in [7, 11) is 2.16. The van der Waals surface area contributed by atoms with Crippen LogP contribution in [0.5, 0.6) is 28.7 Å². The highest BCUT2D eigenvalue weighted by atomic mass is 32.2. The van der Waals surface area contributed by atoms with E-state index in [1.54, 1.807) is 12.1 Å². The molecule has 0 heterocycles. The molecule has 0 aliphatic rings. The Balaban J connectivity index is 2.34. The number of benzene rings is 2. The summed E-state index contributed by atoms with van der Waals surface area (Å²) in [5.74, 6) is -9.14. The van der Waals surface area contributed by atoms with Crippen molar-refractivity contribution in [2.24, 2.45) is 0 Å². The van der Waals surface area contributed by atoms with Gasteiger partial charge in [0.05, 0.1) is 46.9 Å². The van der Waals surface area contributed by atoms with Crippen molar-refractivity contribution in [1.82, 2.24) is 0 Å². The number of methoxy groups -OCH3 is 5. The fourth-order valence-electron chi connectivity index (χ4n) is 2.92. The third-order valence-corrected chi connectivity index (χ3v) is 5.98. The minimum Gasteiger partial charge on any atom is -0.496 e. The van der Waals surface area contributed by atoms with Crippen molar-refractivity contribution in [3.8, 4) is 28.7 Å². The van der Waals surface area contributed by atoms with Gasteiger partial charge in [0.25, 0.3) is 0 Å². The van der Waals surface area contributed by atoms with Crippen molar-refractivity contribution < 1.29 is 55.2 Å². The van der Waals surface area contributed by atoms with E-state index in [4.69, 9.17) is 18.9 Å². The van der Waals surface area contributed by atoms with Gasteiger partial charge in [0, 0.05) is 17.5 Å². The van der Waals surface area contributed by atoms with Crippen molar-refractivity contribution in [3.63, 3.8) is 0 Å². The monoisotopic (exact) mass is 530 g/mol. The minimum atomic E-state index is -4.58. The van der Waals surface area contributed by atoms with Crippen molar-refractivity contribution in [2.75, 3.05) is 35.5 Å². The number of ether oxygens (including phenoxy) is 6. The summed E-state index contributed by atoms with van der Waals surface area (Å²) in [5.41, 5.74) is 0.414. The third kappa shape index (κ3) is 6.62. The number of hydrogen-bond donors (Lipinski definition) is 0. The van der Waals surface area contributed by atoms with Crippen LogP contribution in [0, 0.1) is 0 Å². The lowest BCUT2D eigenvalue weighted by atomic mass is 10.1. The topological polar surface area (TPSA) is 124 Å². The van der Waals surface area contributed by atoms with Gasteiger partial charge in [-0.2, -0.15) is 8.78 Å². The highest BCUT2D eigenvalue weighted by Gasteiger charge is 2.51. The first-order valence-corrected chi connectivity index (χ1v) is 11.7. The van der Waals surface area contributed by atoms with Crippen molar-refractivity contribution in [2.45, 2.75) is 11.7 Å². The van der Waals surface area contributed by atoms with E-state index in [0.717, 1.165) is 11.5 Å². The number of carbonyl (C=O) groups excluding carboxylic acids is 2. The molecule has 2 aromatic rings. The number of halogens is 2. The second-order valence-corrected chi connectivity index (χ2v) is 8.88. The molecule has 13 heteroatoms. The maximum Gasteiger partial charge on any atom is 0.437 e. The summed E-state index contributed by atoms with van der Waals surface area (Å²) < 4.78 is 82.3. The minimum absolute atomic E-state index is 0.0818. The molecule has 2 rings (SSSR count). The van der Waals surface area contributed by atoms with Crippen LogP contribution in [-0.4, -0.2) is 61.8 Å². The maximum atomic E-state index is 13.8. The molecule has 196 valence electrons. The molecule has 0 saturated heterocycles. The largest absolute Gasteiger partial charge is 0.496 e. The fourth-order valence-corrected chi connectivity index (χ4v) is 4.00. The lowest BCUT2D eigenvalue weighted by Crippen LogP contribution is -2.41. The predicted octanol–water partition coefficient (Wildman–Crippen LogP) is 3.02. The zero-order valence-corrected chi connectivity index (χ0v) is 20.8. The van der Waals surface area contributed by atoms with Gasteiger partial charge < -0.3 is 28.4 Å². The quantitative estimate of drug-likeness (QED) is 0.243. The highest BCUT2D eigenvalue weighted by Crippen LogP contribution is 2.36. The van der Waals surface area contributed by atoms with Crippen molar-refractivity contribution in [1.29, 1.82) is 0 Å². The molecule has 0 saturated carbocycles. The number of carbonyl (C=O) groups is 2. The van der Waals surface area contributed by atoms with Crippen LogP contribution >= 0.6 is 0 Å². The second kappa shape index (κ2) is 11.7. The molecule has 0 amide bonds. The number of sulfone groups is 1. The maximum absolute atomic E-state index is 13.8. The highest BCUT2D eigenvalue weighted by molar-refractivity contribution is 7.93. The molecule has 0 aromatic heterocycles. The molecular weight excluding hydrogens is 506 g/mol. The van der Waals surface area contributed by atoms with E-state index in [0.29, 0.717) is 29.9 Å². The second-order valence-electron chi connectivity index (χ2n) is 7.00. The first kappa shape index (κ1) is 28.4. The number of esters is 2. The summed E-state index contributed by atoms with van der Waals surface area (Å²) in [5, 5.41) is 0.918. The molecule has 0 N–H and O–H groups in total. The molecule has 0 atom stereocenters. The zero-order valence-electron chi connectivity index (χ0n) is 20.0. The first-order valence-electron chi connectivity index (χ1n) is 9.98. The van der Waals surface area contributed by atoms with Crippen LogP contribution in [0.3, 0.4) is 0 Å². The molecule has 0 aliphatic heterocycles. The first-order chi connectivity index (χ1) is 16.9. The van der Waals surface area contributed by atoms with Gasteiger partial charge in [-0.25, -0.2) is 18.0 Å². The Morgan fingerprint density at radius 2 is 1.42 bits per heavy atom. The Bertz CT molecular complexity index is 1230. The Hall–Kier alpha value is -3.87. The lowest BCUT2D eigenvalue weighted by Gasteiger charge is -2.15. The van der Waals surface area contributed by atoms with Crippen LogP contribution in [0.4, 0.5) is 8.78 Å². The van der Waals surface area contributed by atoms with Crippen LogP contribution in [0.1, 0.15) is 11.1 Å². The van der Waals surface area contributed by atoms with Gasteiger partial charge in [0.15, 0.2) is 21.3 Å². The van der Waals surface area contributed by atoms with Crippen molar-refractivity contribution in [3.05, 3.63) is 46.9 Å². The average molecular weight is 530 g/mol. The predicted molar refractivity (Wildman–Crippen MR) is 123 cm³/mol. The molecule has 0 aliphatic carbocycles. The van der Waals surface area contributed by atoms with E-state index < -0.39 is 39.2 Å². The molecule has 2 aromatic carbocycles. The Morgan fingerprint density at radius 1 is 0.833 bits per heavy atom. The Morgan fingerprint density at radius 3 is 1.92 bits per heavy atom. The van der Waals surface area contributed by atoms with E-state index in [1.165, 1.54) is 46.6 Å². The fraction of sp³-hybridized carbons (Fsp3) is 0.304. The van der Waals surface area contributed by atoms with Gasteiger partial charge in [0.1, 0.15) is 17.2 Å². The van der Waals surface area contributed by atoms with E-state index >= 15 is 0 Å². The molecular formula is C23H24F2O10S. The zero-order chi connectivity index (χ0) is 27.1. The molecule has 0 bridgehead atoms. The van der Waals surface area contributed by atoms with Gasteiger partial charge in [-0.1, -0.05) is 6.07 Å². The van der Waals surface area contributed by atoms with Gasteiger partial charge in [-0.05, 0) is 23.8 Å². The smallest absolute Gasteiger partial charge is 0.437 e. The van der Waals surface area contributed by atoms with Crippen LogP contribution in [0.25, 0.3) is 6.08 Å². The standard InChI is InChI=1S/C23H24F2O10S/c1-30-15-11-18(32-3)16(19(12-15)33-4)8-9-36(28,29)13-14-6-7-17(31-2)20(10-14)35-22(27)23(24,25)21(26)34-5/h6-12H,13H2,1-5H3/b9-8+. The Labute approximate surface area is 206 Å². The summed E-state index contributed by atoms with van der Waals surface area (Å²) in [6.45, 7) is 0. The van der Waals surface area contributed by atoms with Crippen LogP contribution in [-0.2, 0) is 29.9 Å². The SMILES string of the molecule is COC(=O)C(F)(F)C(=O)Oc1cc(CS(=O)(=O)/C=C/c2c(OC)cc(OC)cc2OC)ccc1OC. The normalized spacial score (nSPS) is 11.6. The average Bonchev–Trinajstić information content (AvgIpc) is 2.86. The van der Waals surface area contributed by atoms with E-state index in [1.807, 2.05) is 0 Å². The van der Waals surface area contributed by atoms with Gasteiger partial charge in [-0.15, -0.1) is 0 Å². The number of hydrogen-bond acceptors (Lipinski definition) is 10. The summed E-state index contributed by atoms with van der Waals surface area (Å²) in [6, 6.07) is 6.69. The number of alkyl halides is 2. The van der Waals surface area contributed by atoms with E-state index in [9.17, 15) is 26.8 Å². The van der Waals surface area contributed by atoms with Gasteiger partial charge in [-0.3, -0.25) is 0 Å². The van der Waals surface area contributed by atoms with Crippen LogP contribution in [0.2, 0.25) is 0 Å². The Kier molecular flexibility index (Phi) is 9.23. The molecule has 0 spiro atoms. The molecule has 0 fully saturated rings. The summed E-state index contributed by atoms with van der Waals surface area (Å²) in [4.78, 5) is 23.0. The molecule has 0 radical (unpaired) electrons. The van der Waals surface area contributed by atoms with Crippen molar-refractivity contribution >= 4 is 27.9 Å². The third-order valence-electron chi connectivity index (χ3n) is 4.69. The molecule has 10 nitrogen and oxygen atoms in total. The van der Waals surface area contributed by atoms with Gasteiger partial charge in [0.2, 0.25) is 0 Å². The van der Waals surface area contributed by atoms with E-state index in [2.05, 4.69) is 9.47 Å². The van der Waals surface area contributed by atoms with Gasteiger partial charge >= 0.3 is 17.9 Å². The van der Waals surface area contributed by atoms with Crippen LogP contribution in [0.15, 0.2) is 35.7 Å². The summed E-state index contributed by atoms with van der Waals surface area (Å²) >= 11 is 0. The molecule has 36 heavy (non-hydrogen) atoms. The lowest BCUT2D eigenvalue weighted by molar-refractivity contribution is -0.183. The molecule has 0 unspecified atom stereocenters.